The number of aryl methyl sites for hydroxylation is 1. The molecule has 1 aromatic carbocycles. The van der Waals surface area contributed by atoms with Gasteiger partial charge in [0, 0.05) is 25.7 Å². The summed E-state index contributed by atoms with van der Waals surface area (Å²) in [6, 6.07) is 7.28. The Hall–Kier alpha value is -2.74. The van der Waals surface area contributed by atoms with E-state index in [4.69, 9.17) is 4.52 Å². The van der Waals surface area contributed by atoms with Crippen molar-refractivity contribution < 1.29 is 14.1 Å². The third-order valence-electron chi connectivity index (χ3n) is 4.21. The Morgan fingerprint density at radius 3 is 2.88 bits per heavy atom. The van der Waals surface area contributed by atoms with Crippen LogP contribution in [0, 0.1) is 6.92 Å². The molecule has 1 fully saturated rings. The fourth-order valence-corrected chi connectivity index (χ4v) is 2.76. The van der Waals surface area contributed by atoms with E-state index in [0.717, 1.165) is 11.1 Å². The van der Waals surface area contributed by atoms with Crippen LogP contribution in [0.1, 0.15) is 17.8 Å². The van der Waals surface area contributed by atoms with E-state index in [1.54, 1.807) is 7.05 Å². The maximum atomic E-state index is 12.1. The highest BCUT2D eigenvalue weighted by atomic mass is 16.5. The summed E-state index contributed by atoms with van der Waals surface area (Å²) < 4.78 is 5.33. The molecule has 1 unspecified atom stereocenters. The molecule has 25 heavy (non-hydrogen) atoms. The molecule has 1 aliphatic heterocycles. The zero-order valence-corrected chi connectivity index (χ0v) is 14.3. The minimum absolute atomic E-state index is 0.102. The van der Waals surface area contributed by atoms with Crippen molar-refractivity contribution in [1.29, 1.82) is 0 Å². The average Bonchev–Trinajstić information content (AvgIpc) is 3.07. The second-order valence-electron chi connectivity index (χ2n) is 6.04. The van der Waals surface area contributed by atoms with Crippen LogP contribution in [0.3, 0.4) is 0 Å². The smallest absolute Gasteiger partial charge is 0.257 e. The number of aromatic nitrogens is 2. The van der Waals surface area contributed by atoms with Crippen LogP contribution < -0.4 is 10.6 Å². The van der Waals surface area contributed by atoms with Gasteiger partial charge < -0.3 is 15.2 Å². The van der Waals surface area contributed by atoms with Gasteiger partial charge in [0.1, 0.15) is 0 Å². The van der Waals surface area contributed by atoms with Crippen molar-refractivity contribution in [1.82, 2.24) is 25.7 Å². The van der Waals surface area contributed by atoms with E-state index in [1.807, 2.05) is 36.1 Å². The number of hydrogen-bond donors (Lipinski definition) is 2. The molecule has 0 aliphatic carbocycles. The first-order valence-corrected chi connectivity index (χ1v) is 8.19. The molecular weight excluding hydrogens is 322 g/mol. The quantitative estimate of drug-likeness (QED) is 0.819. The highest BCUT2D eigenvalue weighted by molar-refractivity contribution is 5.88. The topological polar surface area (TPSA) is 100 Å². The zero-order chi connectivity index (χ0) is 17.8. The predicted octanol–water partition coefficient (Wildman–Crippen LogP) is 0.482. The highest BCUT2D eigenvalue weighted by Gasteiger charge is 2.32. The summed E-state index contributed by atoms with van der Waals surface area (Å²) in [7, 11) is 1.56. The molecule has 0 radical (unpaired) electrons. The molecule has 2 N–H and O–H groups in total. The van der Waals surface area contributed by atoms with Crippen LogP contribution in [0.2, 0.25) is 0 Å². The molecule has 8 nitrogen and oxygen atoms in total. The molecule has 2 amide bonds. The van der Waals surface area contributed by atoms with Gasteiger partial charge in [0.25, 0.3) is 5.89 Å². The molecule has 1 atom stereocenters. The molecule has 2 aromatic rings. The molecular formula is C17H21N5O3. The Balaban J connectivity index is 1.73. The van der Waals surface area contributed by atoms with Gasteiger partial charge in [0.2, 0.25) is 11.8 Å². The molecule has 1 aromatic heterocycles. The second kappa shape index (κ2) is 7.43. The van der Waals surface area contributed by atoms with Crippen LogP contribution in [0.25, 0.3) is 11.5 Å². The van der Waals surface area contributed by atoms with Crippen molar-refractivity contribution in [3.05, 3.63) is 35.7 Å². The number of hydrogen-bond acceptors (Lipinski definition) is 6. The van der Waals surface area contributed by atoms with Gasteiger partial charge in [-0.25, -0.2) is 0 Å². The summed E-state index contributed by atoms with van der Waals surface area (Å²) in [5.74, 6) is 0.601. The fraction of sp³-hybridized carbons (Fsp3) is 0.412. The van der Waals surface area contributed by atoms with Crippen molar-refractivity contribution >= 4 is 11.8 Å². The minimum atomic E-state index is -0.532. The third kappa shape index (κ3) is 4.03. The van der Waals surface area contributed by atoms with Gasteiger partial charge in [-0.1, -0.05) is 22.9 Å². The molecule has 8 heteroatoms. The van der Waals surface area contributed by atoms with Gasteiger partial charge in [-0.2, -0.15) is 4.98 Å². The lowest BCUT2D eigenvalue weighted by molar-refractivity contribution is -0.134. The fourth-order valence-electron chi connectivity index (χ4n) is 2.76. The predicted molar refractivity (Wildman–Crippen MR) is 90.4 cm³/mol. The van der Waals surface area contributed by atoms with Gasteiger partial charge in [-0.15, -0.1) is 0 Å². The van der Waals surface area contributed by atoms with Crippen LogP contribution in [-0.2, 0) is 16.1 Å². The van der Waals surface area contributed by atoms with Crippen LogP contribution in [0.4, 0.5) is 0 Å². The number of nitrogens with zero attached hydrogens (tertiary/aromatic N) is 3. The maximum Gasteiger partial charge on any atom is 0.257 e. The SMILES string of the molecule is CNC(=O)CC1C(=O)NCCN1Cc1noc(-c2ccc(C)cc2)n1. The first-order chi connectivity index (χ1) is 12.1. The lowest BCUT2D eigenvalue weighted by Crippen LogP contribution is -2.56. The van der Waals surface area contributed by atoms with Crippen LogP contribution in [0.5, 0.6) is 0 Å². The molecule has 1 aliphatic rings. The van der Waals surface area contributed by atoms with E-state index in [1.165, 1.54) is 0 Å². The van der Waals surface area contributed by atoms with Gasteiger partial charge in [0.05, 0.1) is 19.0 Å². The molecule has 0 saturated carbocycles. The minimum Gasteiger partial charge on any atom is -0.359 e. The van der Waals surface area contributed by atoms with Crippen molar-refractivity contribution in [2.45, 2.75) is 25.9 Å². The number of nitrogens with one attached hydrogen (secondary N) is 2. The Labute approximate surface area is 145 Å². The summed E-state index contributed by atoms with van der Waals surface area (Å²) in [5.41, 5.74) is 2.00. The van der Waals surface area contributed by atoms with Crippen LogP contribution in [0.15, 0.2) is 28.8 Å². The normalized spacial score (nSPS) is 18.0. The summed E-state index contributed by atoms with van der Waals surface area (Å²) in [6.45, 7) is 3.52. The van der Waals surface area contributed by atoms with Gasteiger partial charge in [-0.05, 0) is 19.1 Å². The van der Waals surface area contributed by atoms with E-state index < -0.39 is 6.04 Å². The van der Waals surface area contributed by atoms with Crippen molar-refractivity contribution in [2.75, 3.05) is 20.1 Å². The third-order valence-corrected chi connectivity index (χ3v) is 4.21. The monoisotopic (exact) mass is 343 g/mol. The maximum absolute atomic E-state index is 12.1. The first kappa shape index (κ1) is 17.1. The summed E-state index contributed by atoms with van der Waals surface area (Å²) >= 11 is 0. The molecule has 0 bridgehead atoms. The second-order valence-corrected chi connectivity index (χ2v) is 6.04. The largest absolute Gasteiger partial charge is 0.359 e. The number of rotatable bonds is 5. The molecule has 2 heterocycles. The molecule has 1 saturated heterocycles. The number of amides is 2. The van der Waals surface area contributed by atoms with E-state index in [2.05, 4.69) is 20.8 Å². The van der Waals surface area contributed by atoms with Gasteiger partial charge in [-0.3, -0.25) is 14.5 Å². The highest BCUT2D eigenvalue weighted by Crippen LogP contribution is 2.19. The summed E-state index contributed by atoms with van der Waals surface area (Å²) in [4.78, 5) is 30.1. The van der Waals surface area contributed by atoms with Crippen LogP contribution in [-0.4, -0.2) is 53.0 Å². The van der Waals surface area contributed by atoms with E-state index in [0.29, 0.717) is 31.3 Å². The number of carbonyl (C=O) groups is 2. The lowest BCUT2D eigenvalue weighted by atomic mass is 10.1. The average molecular weight is 343 g/mol. The Bertz CT molecular complexity index is 756. The molecule has 0 spiro atoms. The van der Waals surface area contributed by atoms with Gasteiger partial charge >= 0.3 is 0 Å². The summed E-state index contributed by atoms with van der Waals surface area (Å²) in [6.07, 6.45) is 0.102. The molecule has 3 rings (SSSR count). The Morgan fingerprint density at radius 1 is 1.40 bits per heavy atom. The Kier molecular flexibility index (Phi) is 5.08. The van der Waals surface area contributed by atoms with E-state index >= 15 is 0 Å². The lowest BCUT2D eigenvalue weighted by Gasteiger charge is -2.33. The first-order valence-electron chi connectivity index (χ1n) is 8.19. The van der Waals surface area contributed by atoms with E-state index in [9.17, 15) is 9.59 Å². The van der Waals surface area contributed by atoms with Crippen molar-refractivity contribution in [3.63, 3.8) is 0 Å². The number of carbonyl (C=O) groups excluding carboxylic acids is 2. The standard InChI is InChI=1S/C17H21N5O3/c1-11-3-5-12(6-4-11)17-20-14(21-25-17)10-22-8-7-19-16(24)13(22)9-15(23)18-2/h3-6,13H,7-10H2,1-2H3,(H,18,23)(H,19,24). The van der Waals surface area contributed by atoms with Crippen molar-refractivity contribution in [2.24, 2.45) is 0 Å². The Morgan fingerprint density at radius 2 is 2.16 bits per heavy atom. The van der Waals surface area contributed by atoms with Crippen LogP contribution >= 0.6 is 0 Å². The van der Waals surface area contributed by atoms with Crippen molar-refractivity contribution in [3.8, 4) is 11.5 Å². The summed E-state index contributed by atoms with van der Waals surface area (Å²) in [5, 5.41) is 9.35. The molecule has 132 valence electrons. The zero-order valence-electron chi connectivity index (χ0n) is 14.3. The van der Waals surface area contributed by atoms with E-state index in [-0.39, 0.29) is 18.2 Å². The van der Waals surface area contributed by atoms with Gasteiger partial charge in [0.15, 0.2) is 5.82 Å². The number of piperazine rings is 1. The number of benzene rings is 1.